The molecule has 0 aliphatic rings. The average Bonchev–Trinajstić information content (AvgIpc) is 2.51. The Morgan fingerprint density at radius 1 is 1.67 bits per heavy atom. The fourth-order valence-electron chi connectivity index (χ4n) is 1.35. The maximum absolute atomic E-state index is 10.5. The normalized spacial score (nSPS) is 13.1. The van der Waals surface area contributed by atoms with Gasteiger partial charge in [0, 0.05) is 19.2 Å². The van der Waals surface area contributed by atoms with E-state index in [2.05, 4.69) is 18.8 Å². The van der Waals surface area contributed by atoms with Crippen LogP contribution in [0.4, 0.5) is 0 Å². The number of aromatic nitrogens is 2. The fourth-order valence-corrected chi connectivity index (χ4v) is 1.35. The Morgan fingerprint density at radius 3 is 2.87 bits per heavy atom. The van der Waals surface area contributed by atoms with Gasteiger partial charge in [0.1, 0.15) is 6.04 Å². The Bertz CT molecular complexity index is 333. The quantitative estimate of drug-likeness (QED) is 0.742. The van der Waals surface area contributed by atoms with E-state index in [1.165, 1.54) is 0 Å². The van der Waals surface area contributed by atoms with Crippen molar-refractivity contribution in [2.24, 2.45) is 11.7 Å². The molecule has 1 atom stereocenters. The third-order valence-electron chi connectivity index (χ3n) is 2.01. The van der Waals surface area contributed by atoms with Gasteiger partial charge in [-0.2, -0.15) is 0 Å². The molecule has 3 N–H and O–H groups in total. The number of carboxylic acid groups (broad SMARTS) is 1. The molecule has 1 rings (SSSR count). The van der Waals surface area contributed by atoms with E-state index in [0.29, 0.717) is 5.92 Å². The Labute approximate surface area is 88.9 Å². The second kappa shape index (κ2) is 4.93. The van der Waals surface area contributed by atoms with Crippen LogP contribution in [-0.4, -0.2) is 26.7 Å². The van der Waals surface area contributed by atoms with Crippen LogP contribution < -0.4 is 5.73 Å². The van der Waals surface area contributed by atoms with Crippen LogP contribution in [0.1, 0.15) is 19.5 Å². The molecule has 1 aromatic heterocycles. The summed E-state index contributed by atoms with van der Waals surface area (Å²) >= 11 is 0. The summed E-state index contributed by atoms with van der Waals surface area (Å²) in [4.78, 5) is 14.6. The number of aliphatic carboxylic acids is 1. The van der Waals surface area contributed by atoms with Crippen LogP contribution in [-0.2, 0) is 17.8 Å². The van der Waals surface area contributed by atoms with Crippen LogP contribution in [0.2, 0.25) is 0 Å². The van der Waals surface area contributed by atoms with E-state index in [0.717, 1.165) is 12.2 Å². The first-order chi connectivity index (χ1) is 6.99. The van der Waals surface area contributed by atoms with Crippen molar-refractivity contribution in [3.63, 3.8) is 0 Å². The molecule has 1 heterocycles. The zero-order valence-corrected chi connectivity index (χ0v) is 9.05. The molecule has 0 aliphatic carbocycles. The van der Waals surface area contributed by atoms with Crippen molar-refractivity contribution in [3.8, 4) is 0 Å². The minimum atomic E-state index is -0.992. The van der Waals surface area contributed by atoms with E-state index < -0.39 is 12.0 Å². The Kier molecular flexibility index (Phi) is 3.85. The predicted molar refractivity (Wildman–Crippen MR) is 56.4 cm³/mol. The predicted octanol–water partition coefficient (Wildman–Crippen LogP) is 0.493. The molecule has 0 bridgehead atoms. The Morgan fingerprint density at radius 2 is 2.33 bits per heavy atom. The highest BCUT2D eigenvalue weighted by Gasteiger charge is 2.13. The van der Waals surface area contributed by atoms with E-state index in [1.54, 1.807) is 6.33 Å². The highest BCUT2D eigenvalue weighted by atomic mass is 16.4. The van der Waals surface area contributed by atoms with E-state index in [1.807, 2.05) is 10.8 Å². The number of carbonyl (C=O) groups is 1. The summed E-state index contributed by atoms with van der Waals surface area (Å²) in [5, 5.41) is 8.64. The lowest BCUT2D eigenvalue weighted by Crippen LogP contribution is -2.32. The molecule has 0 spiro atoms. The lowest BCUT2D eigenvalue weighted by atomic mass is 10.2. The second-order valence-corrected chi connectivity index (χ2v) is 4.10. The summed E-state index contributed by atoms with van der Waals surface area (Å²) in [7, 11) is 0. The van der Waals surface area contributed by atoms with Crippen LogP contribution >= 0.6 is 0 Å². The van der Waals surface area contributed by atoms with Gasteiger partial charge in [-0.1, -0.05) is 13.8 Å². The zero-order valence-electron chi connectivity index (χ0n) is 9.05. The molecule has 5 heteroatoms. The molecule has 1 unspecified atom stereocenters. The smallest absolute Gasteiger partial charge is 0.320 e. The first kappa shape index (κ1) is 11.7. The first-order valence-electron chi connectivity index (χ1n) is 4.98. The topological polar surface area (TPSA) is 81.1 Å². The number of imidazole rings is 1. The average molecular weight is 211 g/mol. The van der Waals surface area contributed by atoms with E-state index >= 15 is 0 Å². The van der Waals surface area contributed by atoms with Crippen molar-refractivity contribution in [1.82, 2.24) is 9.55 Å². The van der Waals surface area contributed by atoms with E-state index in [-0.39, 0.29) is 6.42 Å². The van der Waals surface area contributed by atoms with Crippen molar-refractivity contribution in [2.75, 3.05) is 0 Å². The standard InChI is InChI=1S/C10H17N3O2/c1-7(2)4-13-5-8(12-6-13)3-9(11)10(14)15/h5-7,9H,3-4,11H2,1-2H3,(H,14,15). The van der Waals surface area contributed by atoms with Crippen LogP contribution in [0, 0.1) is 5.92 Å². The van der Waals surface area contributed by atoms with Crippen molar-refractivity contribution < 1.29 is 9.90 Å². The number of hydrogen-bond donors (Lipinski definition) is 2. The minimum absolute atomic E-state index is 0.278. The van der Waals surface area contributed by atoms with Gasteiger partial charge < -0.3 is 15.4 Å². The second-order valence-electron chi connectivity index (χ2n) is 4.10. The maximum Gasteiger partial charge on any atom is 0.320 e. The van der Waals surface area contributed by atoms with Gasteiger partial charge in [0.15, 0.2) is 0 Å². The van der Waals surface area contributed by atoms with Crippen molar-refractivity contribution in [3.05, 3.63) is 18.2 Å². The lowest BCUT2D eigenvalue weighted by Gasteiger charge is -2.04. The van der Waals surface area contributed by atoms with Crippen molar-refractivity contribution in [2.45, 2.75) is 32.9 Å². The van der Waals surface area contributed by atoms with Gasteiger partial charge in [-0.25, -0.2) is 4.98 Å². The number of carboxylic acids is 1. The largest absolute Gasteiger partial charge is 0.480 e. The van der Waals surface area contributed by atoms with Gasteiger partial charge >= 0.3 is 5.97 Å². The number of rotatable bonds is 5. The summed E-state index contributed by atoms with van der Waals surface area (Å²) in [6, 6.07) is -0.868. The van der Waals surface area contributed by atoms with E-state index in [4.69, 9.17) is 10.8 Å². The molecular formula is C10H17N3O2. The molecule has 5 nitrogen and oxygen atoms in total. The minimum Gasteiger partial charge on any atom is -0.480 e. The maximum atomic E-state index is 10.5. The third kappa shape index (κ3) is 3.71. The highest BCUT2D eigenvalue weighted by Crippen LogP contribution is 2.03. The summed E-state index contributed by atoms with van der Waals surface area (Å²) in [6.07, 6.45) is 3.84. The molecule has 0 aromatic carbocycles. The lowest BCUT2D eigenvalue weighted by molar-refractivity contribution is -0.138. The molecule has 0 aliphatic heterocycles. The molecular weight excluding hydrogens is 194 g/mol. The van der Waals surface area contributed by atoms with Crippen LogP contribution in [0.5, 0.6) is 0 Å². The zero-order chi connectivity index (χ0) is 11.4. The van der Waals surface area contributed by atoms with Gasteiger partial charge in [-0.05, 0) is 5.92 Å². The Hall–Kier alpha value is -1.36. The van der Waals surface area contributed by atoms with Gasteiger partial charge in [-0.3, -0.25) is 4.79 Å². The summed E-state index contributed by atoms with van der Waals surface area (Å²) in [5.74, 6) is -0.450. The van der Waals surface area contributed by atoms with Gasteiger partial charge in [-0.15, -0.1) is 0 Å². The molecule has 1 aromatic rings. The molecule has 15 heavy (non-hydrogen) atoms. The summed E-state index contributed by atoms with van der Waals surface area (Å²) in [6.45, 7) is 5.11. The molecule has 0 saturated carbocycles. The highest BCUT2D eigenvalue weighted by molar-refractivity contribution is 5.73. The first-order valence-corrected chi connectivity index (χ1v) is 4.98. The van der Waals surface area contributed by atoms with Crippen LogP contribution in [0.3, 0.4) is 0 Å². The molecule has 0 amide bonds. The van der Waals surface area contributed by atoms with Crippen molar-refractivity contribution >= 4 is 5.97 Å². The molecule has 84 valence electrons. The fraction of sp³-hybridized carbons (Fsp3) is 0.600. The van der Waals surface area contributed by atoms with Crippen molar-refractivity contribution in [1.29, 1.82) is 0 Å². The summed E-state index contributed by atoms with van der Waals surface area (Å²) in [5.41, 5.74) is 6.14. The summed E-state index contributed by atoms with van der Waals surface area (Å²) < 4.78 is 1.95. The molecule has 0 saturated heterocycles. The van der Waals surface area contributed by atoms with Crippen LogP contribution in [0.15, 0.2) is 12.5 Å². The number of nitrogens with zero attached hydrogens (tertiary/aromatic N) is 2. The third-order valence-corrected chi connectivity index (χ3v) is 2.01. The Balaban J connectivity index is 2.56. The van der Waals surface area contributed by atoms with Gasteiger partial charge in [0.25, 0.3) is 0 Å². The monoisotopic (exact) mass is 211 g/mol. The van der Waals surface area contributed by atoms with E-state index in [9.17, 15) is 4.79 Å². The SMILES string of the molecule is CC(C)Cn1cnc(CC(N)C(=O)O)c1. The van der Waals surface area contributed by atoms with Gasteiger partial charge in [0.2, 0.25) is 0 Å². The number of hydrogen-bond acceptors (Lipinski definition) is 3. The van der Waals surface area contributed by atoms with Gasteiger partial charge in [0.05, 0.1) is 12.0 Å². The number of nitrogens with two attached hydrogens (primary N) is 1. The van der Waals surface area contributed by atoms with Crippen LogP contribution in [0.25, 0.3) is 0 Å². The molecule has 0 radical (unpaired) electrons. The molecule has 0 fully saturated rings.